The minimum absolute atomic E-state index is 0.00378. The van der Waals surface area contributed by atoms with Gasteiger partial charge in [0.15, 0.2) is 23.2 Å². The van der Waals surface area contributed by atoms with Crippen LogP contribution < -0.4 is 10.6 Å². The van der Waals surface area contributed by atoms with Crippen molar-refractivity contribution in [1.82, 2.24) is 24.8 Å². The van der Waals surface area contributed by atoms with Crippen LogP contribution in [0, 0.1) is 0 Å². The van der Waals surface area contributed by atoms with E-state index in [1.54, 1.807) is 0 Å². The fraction of sp³-hybridized carbons (Fsp3) is 0.680. The van der Waals surface area contributed by atoms with E-state index in [0.717, 1.165) is 19.3 Å². The molecule has 0 spiro atoms. The minimum atomic E-state index is -1.25. The van der Waals surface area contributed by atoms with Gasteiger partial charge in [-0.1, -0.05) is 26.4 Å². The van der Waals surface area contributed by atoms with Crippen molar-refractivity contribution in [2.45, 2.75) is 95.3 Å². The van der Waals surface area contributed by atoms with E-state index in [1.807, 2.05) is 6.92 Å². The van der Waals surface area contributed by atoms with Gasteiger partial charge >= 0.3 is 0 Å². The lowest BCUT2D eigenvalue weighted by Gasteiger charge is -2.16. The standard InChI is InChI=1S/C25H40N9O7P3/c1-2-16(35)6-4-3-5-11-27-18(36)9-7-15(32-33-26)8-10-19(37)31-23-20-24(29-13-28-23)34(14-30-20)25-22(39)21(38)17(41-25)12-40-43-44-42/h13-15,17,21-22,25,38-39,43-44H,2-12,42H2,1H3,(H,27,36)(H,28,29,31,37)/t15?,17-,21?,22+,25-/m1/s1. The van der Waals surface area contributed by atoms with Crippen LogP contribution in [-0.2, 0) is 23.6 Å². The zero-order valence-corrected chi connectivity index (χ0v) is 27.6. The van der Waals surface area contributed by atoms with E-state index < -0.39 is 36.5 Å². The van der Waals surface area contributed by atoms with Gasteiger partial charge in [0.05, 0.1) is 12.9 Å². The number of nitrogens with one attached hydrogen (secondary N) is 2. The monoisotopic (exact) mass is 671 g/mol. The molecule has 3 heterocycles. The van der Waals surface area contributed by atoms with Crippen molar-refractivity contribution >= 4 is 60.0 Å². The van der Waals surface area contributed by atoms with E-state index in [2.05, 4.69) is 44.5 Å². The largest absolute Gasteiger partial charge is 0.387 e. The smallest absolute Gasteiger partial charge is 0.225 e. The molecule has 1 aliphatic rings. The number of hydrogen-bond donors (Lipinski definition) is 4. The predicted molar refractivity (Wildman–Crippen MR) is 170 cm³/mol. The first-order chi connectivity index (χ1) is 21.3. The summed E-state index contributed by atoms with van der Waals surface area (Å²) in [6, 6.07) is -0.553. The number of ketones is 1. The Labute approximate surface area is 260 Å². The molecule has 1 aliphatic heterocycles. The summed E-state index contributed by atoms with van der Waals surface area (Å²) in [7, 11) is 3.36. The van der Waals surface area contributed by atoms with Gasteiger partial charge in [0.1, 0.15) is 30.4 Å². The van der Waals surface area contributed by atoms with Gasteiger partial charge in [0.25, 0.3) is 0 Å². The van der Waals surface area contributed by atoms with E-state index in [4.69, 9.17) is 14.8 Å². The molecule has 0 bridgehead atoms. The quantitative estimate of drug-likeness (QED) is 0.0528. The highest BCUT2D eigenvalue weighted by atomic mass is 32.4. The van der Waals surface area contributed by atoms with Gasteiger partial charge in [-0.15, -0.1) is 8.93 Å². The fourth-order valence-electron chi connectivity index (χ4n) is 4.63. The maximum atomic E-state index is 12.8. The normalized spacial score (nSPS) is 20.8. The van der Waals surface area contributed by atoms with Crippen LogP contribution in [0.1, 0.15) is 70.9 Å². The number of aromatic nitrogens is 4. The van der Waals surface area contributed by atoms with E-state index in [1.165, 1.54) is 17.2 Å². The molecule has 8 atom stereocenters. The molecule has 44 heavy (non-hydrogen) atoms. The van der Waals surface area contributed by atoms with E-state index in [9.17, 15) is 24.6 Å². The van der Waals surface area contributed by atoms with Crippen LogP contribution in [0.5, 0.6) is 0 Å². The second kappa shape index (κ2) is 19.2. The Morgan fingerprint density at radius 1 is 1.16 bits per heavy atom. The van der Waals surface area contributed by atoms with Gasteiger partial charge in [-0.25, -0.2) is 15.0 Å². The van der Waals surface area contributed by atoms with Gasteiger partial charge in [-0.2, -0.15) is 0 Å². The summed E-state index contributed by atoms with van der Waals surface area (Å²) in [5.74, 6) is -0.177. The van der Waals surface area contributed by atoms with Crippen LogP contribution in [0.25, 0.3) is 21.6 Å². The van der Waals surface area contributed by atoms with Crippen LogP contribution in [0.15, 0.2) is 17.8 Å². The summed E-state index contributed by atoms with van der Waals surface area (Å²) < 4.78 is 12.8. The maximum absolute atomic E-state index is 12.8. The van der Waals surface area contributed by atoms with Crippen LogP contribution in [-0.4, -0.2) is 84.8 Å². The van der Waals surface area contributed by atoms with E-state index in [0.29, 0.717) is 27.3 Å². The fourth-order valence-corrected chi connectivity index (χ4v) is 6.21. The highest BCUT2D eigenvalue weighted by Crippen LogP contribution is 2.44. The van der Waals surface area contributed by atoms with Gasteiger partial charge in [0.2, 0.25) is 11.8 Å². The lowest BCUT2D eigenvalue weighted by atomic mass is 10.1. The molecule has 5 unspecified atom stereocenters. The molecule has 0 aliphatic carbocycles. The molecule has 1 saturated heterocycles. The summed E-state index contributed by atoms with van der Waals surface area (Å²) in [5.41, 5.74) is 9.50. The number of unbranched alkanes of at least 4 members (excludes halogenated alkanes) is 2. The molecular weight excluding hydrogens is 631 g/mol. The number of hydrogen-bond acceptors (Lipinski definition) is 11. The Kier molecular flexibility index (Phi) is 15.7. The molecule has 2 amide bonds. The van der Waals surface area contributed by atoms with Gasteiger partial charge in [-0.05, 0) is 31.2 Å². The molecule has 0 aromatic carbocycles. The second-order valence-corrected chi connectivity index (χ2v) is 15.0. The number of carbonyl (C=O) groups excluding carboxylic acids is 3. The van der Waals surface area contributed by atoms with Crippen molar-refractivity contribution in [3.05, 3.63) is 23.1 Å². The number of ether oxygens (including phenoxy) is 1. The number of aliphatic hydroxyl groups excluding tert-OH is 2. The molecular formula is C25H40N9O7P3. The summed E-state index contributed by atoms with van der Waals surface area (Å²) in [5, 5.41) is 30.3. The molecule has 16 nitrogen and oxygen atoms in total. The zero-order chi connectivity index (χ0) is 31.9. The molecule has 2 aromatic heterocycles. The predicted octanol–water partition coefficient (Wildman–Crippen LogP) is 3.27. The van der Waals surface area contributed by atoms with Gasteiger partial charge in [-0.3, -0.25) is 19.0 Å². The topological polar surface area (TPSA) is 227 Å². The molecule has 0 radical (unpaired) electrons. The van der Waals surface area contributed by atoms with Crippen molar-refractivity contribution in [2.24, 2.45) is 5.11 Å². The number of fused-ring (bicyclic) bond motifs is 1. The molecule has 2 aromatic rings. The van der Waals surface area contributed by atoms with Crippen molar-refractivity contribution in [3.8, 4) is 0 Å². The summed E-state index contributed by atoms with van der Waals surface area (Å²) in [6.45, 7) is 2.48. The van der Waals surface area contributed by atoms with Crippen molar-refractivity contribution in [2.75, 3.05) is 18.5 Å². The third-order valence-electron chi connectivity index (χ3n) is 7.08. The van der Waals surface area contributed by atoms with Crippen LogP contribution in [0.3, 0.4) is 0 Å². The van der Waals surface area contributed by atoms with Crippen molar-refractivity contribution < 1.29 is 33.9 Å². The Balaban J connectivity index is 1.48. The average molecular weight is 672 g/mol. The van der Waals surface area contributed by atoms with Crippen LogP contribution >= 0.6 is 25.4 Å². The maximum Gasteiger partial charge on any atom is 0.225 e. The number of azide groups is 1. The number of nitrogens with zero attached hydrogens (tertiary/aromatic N) is 7. The Morgan fingerprint density at radius 2 is 1.93 bits per heavy atom. The van der Waals surface area contributed by atoms with Gasteiger partial charge in [0, 0.05) is 51.7 Å². The minimum Gasteiger partial charge on any atom is -0.387 e. The molecule has 4 N–H and O–H groups in total. The zero-order valence-electron chi connectivity index (χ0n) is 24.5. The van der Waals surface area contributed by atoms with E-state index in [-0.39, 0.29) is 69.5 Å². The third-order valence-corrected chi connectivity index (χ3v) is 9.36. The first kappa shape index (κ1) is 36.1. The number of aliphatic hydroxyl groups is 2. The van der Waals surface area contributed by atoms with Crippen molar-refractivity contribution in [3.63, 3.8) is 0 Å². The SMILES string of the molecule is CCC(=O)CCCCCNC(=O)CCC(CCC(=O)Nc1ncnc2c1ncn2[C@@H]1O[C@H](COPPP)C(O)[C@@H]1O)N=[N+]=[N-]. The number of anilines is 1. The molecule has 19 heteroatoms. The highest BCUT2D eigenvalue weighted by Gasteiger charge is 2.44. The summed E-state index contributed by atoms with van der Waals surface area (Å²) >= 11 is 0. The number of carbonyl (C=O) groups is 3. The lowest BCUT2D eigenvalue weighted by Crippen LogP contribution is -2.33. The molecule has 3 rings (SSSR count). The third kappa shape index (κ3) is 10.9. The molecule has 1 fully saturated rings. The Bertz CT molecular complexity index is 1300. The van der Waals surface area contributed by atoms with Crippen LogP contribution in [0.4, 0.5) is 5.82 Å². The average Bonchev–Trinajstić information content (AvgIpc) is 3.57. The molecule has 0 saturated carbocycles. The number of imidazole rings is 1. The number of Topliss-reactive ketones (excluding diaryl/α,β-unsaturated/α-hetero) is 1. The van der Waals surface area contributed by atoms with Gasteiger partial charge < -0.3 is 30.1 Å². The summed E-state index contributed by atoms with van der Waals surface area (Å²) in [4.78, 5) is 51.8. The number of amides is 2. The Morgan fingerprint density at radius 3 is 2.66 bits per heavy atom. The first-order valence-corrected chi connectivity index (χ1v) is 19.1. The first-order valence-electron chi connectivity index (χ1n) is 14.4. The lowest BCUT2D eigenvalue weighted by molar-refractivity contribution is -0.121. The summed E-state index contributed by atoms with van der Waals surface area (Å²) in [6.07, 6.45) is 2.73. The number of rotatable bonds is 20. The second-order valence-electron chi connectivity index (χ2n) is 10.2. The highest BCUT2D eigenvalue weighted by molar-refractivity contribution is 8.37. The van der Waals surface area contributed by atoms with Crippen molar-refractivity contribution in [1.29, 1.82) is 0 Å². The van der Waals surface area contributed by atoms with E-state index >= 15 is 0 Å². The molecule has 242 valence electrons. The van der Waals surface area contributed by atoms with Crippen LogP contribution in [0.2, 0.25) is 0 Å². The Hall–Kier alpha value is -2.40.